The molecule has 2 aromatic heterocycles. The summed E-state index contributed by atoms with van der Waals surface area (Å²) >= 11 is 0. The molecule has 4 N–H and O–H groups in total. The highest BCUT2D eigenvalue weighted by Crippen LogP contribution is 2.34. The molecule has 0 bridgehead atoms. The van der Waals surface area contributed by atoms with Crippen LogP contribution in [-0.2, 0) is 10.2 Å². The SMILES string of the molecule is Cc1ccc(-n2nc(C(C)(C)C)cc2NC(=O)Nc2ccc(C(C(=O)C(=O)c3c[nH]c4ccccc34)C3CCNCC3)cc2)cc1. The summed E-state index contributed by atoms with van der Waals surface area (Å²) in [5, 5.41) is 14.8. The van der Waals surface area contributed by atoms with E-state index in [1.165, 1.54) is 0 Å². The standard InChI is InChI=1S/C37H40N6O3/c1-23-9-15-27(16-10-23)43-32(21-31(42-43)37(2,3)4)41-36(46)40-26-13-11-24(12-14-26)33(25-17-19-38-20-18-25)35(45)34(44)29-22-39-30-8-6-5-7-28(29)30/h5-16,21-22,25,33,38-39H,17-20H2,1-4H3,(H2,40,41,46). The van der Waals surface area contributed by atoms with E-state index < -0.39 is 23.5 Å². The van der Waals surface area contributed by atoms with Crippen molar-refractivity contribution in [2.75, 3.05) is 23.7 Å². The Morgan fingerprint density at radius 3 is 2.30 bits per heavy atom. The number of Topliss-reactive ketones (excluding diaryl/α,β-unsaturated/α-hetero) is 2. The Morgan fingerprint density at radius 1 is 0.913 bits per heavy atom. The minimum Gasteiger partial charge on any atom is -0.360 e. The van der Waals surface area contributed by atoms with E-state index in [0.29, 0.717) is 17.1 Å². The highest BCUT2D eigenvalue weighted by molar-refractivity contribution is 6.47. The van der Waals surface area contributed by atoms with Gasteiger partial charge in [-0.05, 0) is 74.7 Å². The largest absolute Gasteiger partial charge is 0.360 e. The van der Waals surface area contributed by atoms with Gasteiger partial charge < -0.3 is 15.6 Å². The first kappa shape index (κ1) is 31.0. The molecular formula is C37H40N6O3. The lowest BCUT2D eigenvalue weighted by molar-refractivity contribution is -0.117. The Morgan fingerprint density at radius 2 is 1.61 bits per heavy atom. The van der Waals surface area contributed by atoms with Gasteiger partial charge in [0.05, 0.1) is 22.9 Å². The summed E-state index contributed by atoms with van der Waals surface area (Å²) in [6, 6.07) is 24.2. The van der Waals surface area contributed by atoms with E-state index in [-0.39, 0.29) is 11.3 Å². The lowest BCUT2D eigenvalue weighted by atomic mass is 9.76. The van der Waals surface area contributed by atoms with Gasteiger partial charge >= 0.3 is 6.03 Å². The van der Waals surface area contributed by atoms with Gasteiger partial charge in [-0.3, -0.25) is 14.9 Å². The number of rotatable bonds is 8. The Balaban J connectivity index is 1.22. The normalized spacial score (nSPS) is 14.6. The summed E-state index contributed by atoms with van der Waals surface area (Å²) in [4.78, 5) is 43.9. The predicted octanol–water partition coefficient (Wildman–Crippen LogP) is 7.14. The molecule has 1 saturated heterocycles. The number of nitrogens with one attached hydrogen (secondary N) is 4. The average molecular weight is 617 g/mol. The van der Waals surface area contributed by atoms with Crippen molar-refractivity contribution < 1.29 is 14.4 Å². The van der Waals surface area contributed by atoms with Crippen LogP contribution < -0.4 is 16.0 Å². The van der Waals surface area contributed by atoms with Crippen molar-refractivity contribution in [3.05, 3.63) is 107 Å². The zero-order valence-electron chi connectivity index (χ0n) is 26.7. The third kappa shape index (κ3) is 6.50. The third-order valence-electron chi connectivity index (χ3n) is 8.72. The molecule has 1 atom stereocenters. The summed E-state index contributed by atoms with van der Waals surface area (Å²) < 4.78 is 1.74. The maximum atomic E-state index is 13.9. The maximum absolute atomic E-state index is 13.9. The number of aromatic amines is 1. The molecule has 5 aromatic rings. The Bertz CT molecular complexity index is 1870. The number of nitrogens with zero attached hydrogens (tertiary/aromatic N) is 2. The summed E-state index contributed by atoms with van der Waals surface area (Å²) in [6.45, 7) is 9.86. The zero-order valence-corrected chi connectivity index (χ0v) is 26.7. The van der Waals surface area contributed by atoms with Crippen LogP contribution in [0.4, 0.5) is 16.3 Å². The van der Waals surface area contributed by atoms with Gasteiger partial charge in [-0.15, -0.1) is 0 Å². The van der Waals surface area contributed by atoms with E-state index in [1.54, 1.807) is 23.0 Å². The van der Waals surface area contributed by atoms with Gasteiger partial charge in [0.2, 0.25) is 11.6 Å². The van der Waals surface area contributed by atoms with Crippen LogP contribution in [-0.4, -0.2) is 45.5 Å². The van der Waals surface area contributed by atoms with Crippen molar-refractivity contribution in [3.63, 3.8) is 0 Å². The van der Waals surface area contributed by atoms with Crippen LogP contribution >= 0.6 is 0 Å². The molecule has 1 aliphatic heterocycles. The van der Waals surface area contributed by atoms with E-state index in [9.17, 15) is 14.4 Å². The number of fused-ring (bicyclic) bond motifs is 1. The molecule has 9 nitrogen and oxygen atoms in total. The molecule has 3 heterocycles. The van der Waals surface area contributed by atoms with Gasteiger partial charge in [0.25, 0.3) is 0 Å². The van der Waals surface area contributed by atoms with Gasteiger partial charge in [0, 0.05) is 34.3 Å². The molecule has 0 spiro atoms. The molecule has 9 heteroatoms. The molecule has 6 rings (SSSR count). The van der Waals surface area contributed by atoms with Crippen molar-refractivity contribution in [1.29, 1.82) is 0 Å². The fourth-order valence-corrected chi connectivity index (χ4v) is 6.12. The van der Waals surface area contributed by atoms with Crippen LogP contribution in [0.5, 0.6) is 0 Å². The number of carbonyl (C=O) groups excluding carboxylic acids is 3. The van der Waals surface area contributed by atoms with Crippen LogP contribution in [0.25, 0.3) is 16.6 Å². The number of urea groups is 1. The number of H-pyrrole nitrogens is 1. The molecule has 1 fully saturated rings. The van der Waals surface area contributed by atoms with Crippen LogP contribution in [0, 0.1) is 12.8 Å². The molecule has 0 aliphatic carbocycles. The smallest absolute Gasteiger partial charge is 0.324 e. The van der Waals surface area contributed by atoms with Gasteiger partial charge in [0.1, 0.15) is 5.82 Å². The molecule has 46 heavy (non-hydrogen) atoms. The van der Waals surface area contributed by atoms with Crippen molar-refractivity contribution in [2.45, 2.75) is 51.9 Å². The van der Waals surface area contributed by atoms with E-state index in [2.05, 4.69) is 41.7 Å². The summed E-state index contributed by atoms with van der Waals surface area (Å²) in [7, 11) is 0. The molecule has 3 aromatic carbocycles. The van der Waals surface area contributed by atoms with E-state index in [4.69, 9.17) is 5.10 Å². The van der Waals surface area contributed by atoms with Crippen molar-refractivity contribution in [2.24, 2.45) is 5.92 Å². The van der Waals surface area contributed by atoms with Gasteiger partial charge in [0.15, 0.2) is 0 Å². The molecule has 0 radical (unpaired) electrons. The second kappa shape index (κ2) is 12.8. The Labute approximate surface area is 268 Å². The summed E-state index contributed by atoms with van der Waals surface area (Å²) in [5.41, 5.74) is 5.17. The fraction of sp³-hybridized carbons (Fsp3) is 0.297. The second-order valence-electron chi connectivity index (χ2n) is 13.1. The van der Waals surface area contributed by atoms with E-state index in [0.717, 1.165) is 59.3 Å². The molecular weight excluding hydrogens is 576 g/mol. The maximum Gasteiger partial charge on any atom is 0.324 e. The molecule has 1 unspecified atom stereocenters. The first-order valence-corrected chi connectivity index (χ1v) is 15.8. The first-order valence-electron chi connectivity index (χ1n) is 15.8. The number of amides is 2. The number of para-hydroxylation sites is 1. The van der Waals surface area contributed by atoms with Crippen LogP contribution in [0.2, 0.25) is 0 Å². The van der Waals surface area contributed by atoms with E-state index in [1.807, 2.05) is 73.7 Å². The zero-order chi connectivity index (χ0) is 32.4. The average Bonchev–Trinajstić information content (AvgIpc) is 3.67. The van der Waals surface area contributed by atoms with Crippen molar-refractivity contribution in [3.8, 4) is 5.69 Å². The van der Waals surface area contributed by atoms with Gasteiger partial charge in [-0.25, -0.2) is 9.48 Å². The minimum atomic E-state index is -0.578. The number of anilines is 2. The van der Waals surface area contributed by atoms with Gasteiger partial charge in [-0.1, -0.05) is 68.8 Å². The number of aryl methyl sites for hydroxylation is 1. The van der Waals surface area contributed by atoms with Gasteiger partial charge in [-0.2, -0.15) is 5.10 Å². The lowest BCUT2D eigenvalue weighted by Crippen LogP contribution is -2.36. The number of aromatic nitrogens is 3. The topological polar surface area (TPSA) is 121 Å². The number of hydrogen-bond donors (Lipinski definition) is 4. The Hall–Kier alpha value is -5.02. The van der Waals surface area contributed by atoms with E-state index >= 15 is 0 Å². The van der Waals surface area contributed by atoms with Crippen molar-refractivity contribution >= 4 is 40.0 Å². The van der Waals surface area contributed by atoms with Crippen LogP contribution in [0.15, 0.2) is 85.1 Å². The number of hydrogen-bond acceptors (Lipinski definition) is 5. The molecule has 1 aliphatic rings. The van der Waals surface area contributed by atoms with Crippen LogP contribution in [0.3, 0.4) is 0 Å². The molecule has 236 valence electrons. The number of benzene rings is 3. The third-order valence-corrected chi connectivity index (χ3v) is 8.72. The number of ketones is 2. The van der Waals surface area contributed by atoms with Crippen molar-refractivity contribution in [1.82, 2.24) is 20.1 Å². The Kier molecular flexibility index (Phi) is 8.60. The second-order valence-corrected chi connectivity index (χ2v) is 13.1. The molecule has 0 saturated carbocycles. The first-order chi connectivity index (χ1) is 22.1. The predicted molar refractivity (Wildman–Crippen MR) is 182 cm³/mol. The summed E-state index contributed by atoms with van der Waals surface area (Å²) in [5.74, 6) is -0.887. The highest BCUT2D eigenvalue weighted by atomic mass is 16.2. The lowest BCUT2D eigenvalue weighted by Gasteiger charge is -2.30. The number of piperidine rings is 1. The summed E-state index contributed by atoms with van der Waals surface area (Å²) in [6.07, 6.45) is 3.22. The monoisotopic (exact) mass is 616 g/mol. The minimum absolute atomic E-state index is 0.0316. The fourth-order valence-electron chi connectivity index (χ4n) is 6.12. The number of carbonyl (C=O) groups is 3. The quantitative estimate of drug-likeness (QED) is 0.109. The molecule has 2 amide bonds. The highest BCUT2D eigenvalue weighted by Gasteiger charge is 2.35. The van der Waals surface area contributed by atoms with Crippen LogP contribution in [0.1, 0.15) is 66.7 Å².